The van der Waals surface area contributed by atoms with Crippen molar-refractivity contribution in [1.29, 1.82) is 0 Å². The summed E-state index contributed by atoms with van der Waals surface area (Å²) in [4.78, 5) is 16.5. The van der Waals surface area contributed by atoms with Crippen LogP contribution in [0, 0.1) is 0 Å². The van der Waals surface area contributed by atoms with E-state index in [0.717, 1.165) is 5.69 Å². The Bertz CT molecular complexity index is 713. The first kappa shape index (κ1) is 17.1. The Labute approximate surface area is 151 Å². The number of pyridine rings is 1. The zero-order valence-electron chi connectivity index (χ0n) is 13.2. The third-order valence-corrected chi connectivity index (χ3v) is 4.90. The molecule has 4 nitrogen and oxygen atoms in total. The second-order valence-corrected chi connectivity index (χ2v) is 6.81. The van der Waals surface area contributed by atoms with E-state index in [9.17, 15) is 4.79 Å². The first-order valence-corrected chi connectivity index (χ1v) is 8.86. The molecule has 0 bridgehead atoms. The fraction of sp³-hybridized carbons (Fsp3) is 0.333. The molecule has 1 aliphatic carbocycles. The molecule has 1 aromatic carbocycles. The molecule has 0 atom stereocenters. The topological polar surface area (TPSA) is 54.0 Å². The highest BCUT2D eigenvalue weighted by molar-refractivity contribution is 6.42. The van der Waals surface area contributed by atoms with Crippen molar-refractivity contribution in [1.82, 2.24) is 4.98 Å². The SMILES string of the molecule is O=C(Nc1ccc(NC2CCCCC2)cn1)c1ccc(Cl)c(Cl)c1. The minimum absolute atomic E-state index is 0.269. The number of aromatic nitrogens is 1. The lowest BCUT2D eigenvalue weighted by atomic mass is 9.95. The summed E-state index contributed by atoms with van der Waals surface area (Å²) < 4.78 is 0. The second-order valence-electron chi connectivity index (χ2n) is 5.99. The number of rotatable bonds is 4. The molecule has 3 rings (SSSR count). The third-order valence-electron chi connectivity index (χ3n) is 4.16. The molecule has 0 spiro atoms. The number of anilines is 2. The number of benzene rings is 1. The summed E-state index contributed by atoms with van der Waals surface area (Å²) in [6.45, 7) is 0. The lowest BCUT2D eigenvalue weighted by Gasteiger charge is -2.23. The summed E-state index contributed by atoms with van der Waals surface area (Å²) in [6.07, 6.45) is 8.05. The van der Waals surface area contributed by atoms with E-state index in [1.807, 2.05) is 6.07 Å². The summed E-state index contributed by atoms with van der Waals surface area (Å²) in [5.41, 5.74) is 1.42. The van der Waals surface area contributed by atoms with Gasteiger partial charge in [0, 0.05) is 11.6 Å². The van der Waals surface area contributed by atoms with Gasteiger partial charge in [-0.25, -0.2) is 4.98 Å². The molecule has 1 saturated carbocycles. The van der Waals surface area contributed by atoms with Gasteiger partial charge >= 0.3 is 0 Å². The minimum Gasteiger partial charge on any atom is -0.381 e. The zero-order valence-corrected chi connectivity index (χ0v) is 14.7. The van der Waals surface area contributed by atoms with Crippen LogP contribution in [0.2, 0.25) is 10.0 Å². The Morgan fingerprint density at radius 1 is 1.04 bits per heavy atom. The van der Waals surface area contributed by atoms with Crippen molar-refractivity contribution < 1.29 is 4.79 Å². The van der Waals surface area contributed by atoms with E-state index < -0.39 is 0 Å². The second kappa shape index (κ2) is 7.86. The molecule has 1 heterocycles. The third kappa shape index (κ3) is 4.40. The highest BCUT2D eigenvalue weighted by atomic mass is 35.5. The van der Waals surface area contributed by atoms with Gasteiger partial charge in [-0.1, -0.05) is 42.5 Å². The van der Waals surface area contributed by atoms with Crippen LogP contribution >= 0.6 is 23.2 Å². The van der Waals surface area contributed by atoms with Crippen molar-refractivity contribution >= 4 is 40.6 Å². The average molecular weight is 364 g/mol. The molecule has 2 aromatic rings. The van der Waals surface area contributed by atoms with Gasteiger partial charge in [-0.2, -0.15) is 0 Å². The molecule has 24 heavy (non-hydrogen) atoms. The van der Waals surface area contributed by atoms with Gasteiger partial charge in [-0.15, -0.1) is 0 Å². The molecule has 1 aromatic heterocycles. The summed E-state index contributed by atoms with van der Waals surface area (Å²) in [5.74, 6) is 0.231. The van der Waals surface area contributed by atoms with Crippen molar-refractivity contribution in [3.05, 3.63) is 52.1 Å². The van der Waals surface area contributed by atoms with Crippen LogP contribution < -0.4 is 10.6 Å². The van der Waals surface area contributed by atoms with Crippen LogP contribution in [0.5, 0.6) is 0 Å². The molecular formula is C18H19Cl2N3O. The van der Waals surface area contributed by atoms with Crippen LogP contribution in [0.1, 0.15) is 42.5 Å². The van der Waals surface area contributed by atoms with Crippen LogP contribution in [-0.2, 0) is 0 Å². The molecule has 0 radical (unpaired) electrons. The molecule has 0 aliphatic heterocycles. The van der Waals surface area contributed by atoms with Crippen molar-refractivity contribution in [3.63, 3.8) is 0 Å². The van der Waals surface area contributed by atoms with Crippen molar-refractivity contribution in [2.45, 2.75) is 38.1 Å². The van der Waals surface area contributed by atoms with Gasteiger partial charge in [0.05, 0.1) is 21.9 Å². The maximum absolute atomic E-state index is 12.2. The van der Waals surface area contributed by atoms with Crippen LogP contribution in [0.3, 0.4) is 0 Å². The van der Waals surface area contributed by atoms with Gasteiger partial charge in [0.15, 0.2) is 0 Å². The van der Waals surface area contributed by atoms with E-state index in [-0.39, 0.29) is 5.91 Å². The predicted octanol–water partition coefficient (Wildman–Crippen LogP) is 5.39. The monoisotopic (exact) mass is 363 g/mol. The highest BCUT2D eigenvalue weighted by Gasteiger charge is 2.13. The summed E-state index contributed by atoms with van der Waals surface area (Å²) in [7, 11) is 0. The number of amides is 1. The fourth-order valence-electron chi connectivity index (χ4n) is 2.86. The molecule has 6 heteroatoms. The van der Waals surface area contributed by atoms with Crippen molar-refractivity contribution in [2.75, 3.05) is 10.6 Å². The van der Waals surface area contributed by atoms with Gasteiger partial charge in [-0.05, 0) is 43.2 Å². The molecule has 1 aliphatic rings. The summed E-state index contributed by atoms with van der Waals surface area (Å²) in [6, 6.07) is 9.02. The highest BCUT2D eigenvalue weighted by Crippen LogP contribution is 2.24. The molecule has 2 N–H and O–H groups in total. The molecule has 0 saturated heterocycles. The average Bonchev–Trinajstić information content (AvgIpc) is 2.60. The molecular weight excluding hydrogens is 345 g/mol. The van der Waals surface area contributed by atoms with E-state index in [2.05, 4.69) is 15.6 Å². The Hall–Kier alpha value is -1.78. The Balaban J connectivity index is 1.60. The number of hydrogen-bond acceptors (Lipinski definition) is 3. The molecule has 1 fully saturated rings. The van der Waals surface area contributed by atoms with Gasteiger partial charge in [0.25, 0.3) is 5.91 Å². The van der Waals surface area contributed by atoms with Crippen molar-refractivity contribution in [2.24, 2.45) is 0 Å². The number of halogens is 2. The smallest absolute Gasteiger partial charge is 0.256 e. The normalized spacial score (nSPS) is 15.1. The first-order chi connectivity index (χ1) is 11.6. The molecule has 0 unspecified atom stereocenters. The van der Waals surface area contributed by atoms with Crippen LogP contribution in [0.4, 0.5) is 11.5 Å². The minimum atomic E-state index is -0.269. The maximum atomic E-state index is 12.2. The van der Waals surface area contributed by atoms with Crippen LogP contribution in [-0.4, -0.2) is 16.9 Å². The number of nitrogens with zero attached hydrogens (tertiary/aromatic N) is 1. The van der Waals surface area contributed by atoms with E-state index in [0.29, 0.717) is 27.5 Å². The standard InChI is InChI=1S/C18H19Cl2N3O/c19-15-8-6-12(10-16(15)20)18(24)23-17-9-7-14(11-21-17)22-13-4-2-1-3-5-13/h6-11,13,22H,1-5H2,(H,21,23,24). The summed E-state index contributed by atoms with van der Waals surface area (Å²) in [5, 5.41) is 7.03. The number of carbonyl (C=O) groups is 1. The maximum Gasteiger partial charge on any atom is 0.256 e. The van der Waals surface area contributed by atoms with Crippen molar-refractivity contribution in [3.8, 4) is 0 Å². The Morgan fingerprint density at radius 2 is 1.83 bits per heavy atom. The quantitative estimate of drug-likeness (QED) is 0.765. The van der Waals surface area contributed by atoms with Crippen LogP contribution in [0.15, 0.2) is 36.5 Å². The van der Waals surface area contributed by atoms with E-state index >= 15 is 0 Å². The largest absolute Gasteiger partial charge is 0.381 e. The molecule has 126 valence electrons. The summed E-state index contributed by atoms with van der Waals surface area (Å²) >= 11 is 11.8. The number of carbonyl (C=O) groups excluding carboxylic acids is 1. The lowest BCUT2D eigenvalue weighted by molar-refractivity contribution is 0.102. The van der Waals surface area contributed by atoms with Gasteiger partial charge in [0.1, 0.15) is 5.82 Å². The Kier molecular flexibility index (Phi) is 5.59. The van der Waals surface area contributed by atoms with Gasteiger partial charge in [-0.3, -0.25) is 4.79 Å². The molecule has 1 amide bonds. The van der Waals surface area contributed by atoms with Crippen LogP contribution in [0.25, 0.3) is 0 Å². The zero-order chi connectivity index (χ0) is 16.9. The first-order valence-electron chi connectivity index (χ1n) is 8.11. The predicted molar refractivity (Wildman–Crippen MR) is 99.1 cm³/mol. The van der Waals surface area contributed by atoms with E-state index in [4.69, 9.17) is 23.2 Å². The van der Waals surface area contributed by atoms with Gasteiger partial charge in [0.2, 0.25) is 0 Å². The number of hydrogen-bond donors (Lipinski definition) is 2. The lowest BCUT2D eigenvalue weighted by Crippen LogP contribution is -2.22. The van der Waals surface area contributed by atoms with E-state index in [1.54, 1.807) is 24.4 Å². The Morgan fingerprint density at radius 3 is 2.50 bits per heavy atom. The van der Waals surface area contributed by atoms with Gasteiger partial charge < -0.3 is 10.6 Å². The van der Waals surface area contributed by atoms with E-state index in [1.165, 1.54) is 38.2 Å². The number of nitrogens with one attached hydrogen (secondary N) is 2. The fourth-order valence-corrected chi connectivity index (χ4v) is 3.16.